The van der Waals surface area contributed by atoms with Crippen molar-refractivity contribution in [3.8, 4) is 0 Å². The van der Waals surface area contributed by atoms with Crippen molar-refractivity contribution in [3.05, 3.63) is 36.5 Å². The van der Waals surface area contributed by atoms with E-state index in [1.54, 1.807) is 12.2 Å². The molecule has 0 bridgehead atoms. The molecular formula is C12H18O. The number of ketones is 1. The summed E-state index contributed by atoms with van der Waals surface area (Å²) in [6.45, 7) is 6.11. The monoisotopic (exact) mass is 178 g/mol. The standard InChI is InChI=1S/C12H18O/c1-4-12(13)10-8-6-5-7-9-11(2)3/h5-11H,4H2,1-3H3/b6-5+,9-7+,10-8+. The van der Waals surface area contributed by atoms with Crippen molar-refractivity contribution >= 4 is 5.78 Å². The Hall–Kier alpha value is -1.11. The van der Waals surface area contributed by atoms with E-state index in [0.717, 1.165) is 0 Å². The van der Waals surface area contributed by atoms with Crippen LogP contribution in [0.25, 0.3) is 0 Å². The predicted octanol–water partition coefficient (Wildman–Crippen LogP) is 3.29. The van der Waals surface area contributed by atoms with Crippen molar-refractivity contribution in [2.24, 2.45) is 5.92 Å². The van der Waals surface area contributed by atoms with Crippen LogP contribution in [0.5, 0.6) is 0 Å². The van der Waals surface area contributed by atoms with Gasteiger partial charge in [0.15, 0.2) is 5.78 Å². The molecule has 0 aromatic rings. The molecule has 0 aromatic heterocycles. The fraction of sp³-hybridized carbons (Fsp3) is 0.417. The van der Waals surface area contributed by atoms with Crippen molar-refractivity contribution in [1.29, 1.82) is 0 Å². The molecule has 0 aliphatic carbocycles. The quantitative estimate of drug-likeness (QED) is 0.466. The van der Waals surface area contributed by atoms with Crippen molar-refractivity contribution in [1.82, 2.24) is 0 Å². The highest BCUT2D eigenvalue weighted by atomic mass is 16.1. The summed E-state index contributed by atoms with van der Waals surface area (Å²) in [6, 6.07) is 0. The molecule has 0 heterocycles. The number of rotatable bonds is 5. The zero-order valence-electron chi connectivity index (χ0n) is 8.66. The van der Waals surface area contributed by atoms with Crippen molar-refractivity contribution in [3.63, 3.8) is 0 Å². The van der Waals surface area contributed by atoms with E-state index in [1.807, 2.05) is 25.2 Å². The van der Waals surface area contributed by atoms with Gasteiger partial charge in [0, 0.05) is 6.42 Å². The fourth-order valence-corrected chi connectivity index (χ4v) is 0.695. The van der Waals surface area contributed by atoms with Gasteiger partial charge < -0.3 is 0 Å². The minimum atomic E-state index is 0.164. The summed E-state index contributed by atoms with van der Waals surface area (Å²) < 4.78 is 0. The predicted molar refractivity (Wildman–Crippen MR) is 57.6 cm³/mol. The van der Waals surface area contributed by atoms with Crippen LogP contribution < -0.4 is 0 Å². The van der Waals surface area contributed by atoms with Crippen LogP contribution in [0.3, 0.4) is 0 Å². The van der Waals surface area contributed by atoms with Gasteiger partial charge in [0.2, 0.25) is 0 Å². The molecule has 0 fully saturated rings. The van der Waals surface area contributed by atoms with Gasteiger partial charge in [0.1, 0.15) is 0 Å². The van der Waals surface area contributed by atoms with Gasteiger partial charge >= 0.3 is 0 Å². The number of hydrogen-bond donors (Lipinski definition) is 0. The Balaban J connectivity index is 3.75. The van der Waals surface area contributed by atoms with Crippen molar-refractivity contribution in [2.45, 2.75) is 27.2 Å². The molecule has 72 valence electrons. The molecule has 0 saturated carbocycles. The molecule has 13 heavy (non-hydrogen) atoms. The third-order valence-corrected chi connectivity index (χ3v) is 1.46. The van der Waals surface area contributed by atoms with E-state index in [1.165, 1.54) is 0 Å². The molecule has 0 atom stereocenters. The number of carbonyl (C=O) groups excluding carboxylic acids is 1. The zero-order valence-corrected chi connectivity index (χ0v) is 8.66. The van der Waals surface area contributed by atoms with Gasteiger partial charge in [0.25, 0.3) is 0 Å². The normalized spacial score (nSPS) is 12.6. The molecule has 1 nitrogen and oxygen atoms in total. The molecule has 0 unspecified atom stereocenters. The summed E-state index contributed by atoms with van der Waals surface area (Å²) in [6.07, 6.45) is 11.8. The van der Waals surface area contributed by atoms with Crippen LogP contribution in [-0.4, -0.2) is 5.78 Å². The fourth-order valence-electron chi connectivity index (χ4n) is 0.695. The topological polar surface area (TPSA) is 17.1 Å². The highest BCUT2D eigenvalue weighted by Crippen LogP contribution is 1.93. The van der Waals surface area contributed by atoms with Crippen molar-refractivity contribution in [2.75, 3.05) is 0 Å². The summed E-state index contributed by atoms with van der Waals surface area (Å²) in [5.41, 5.74) is 0. The maximum absolute atomic E-state index is 10.8. The molecule has 1 heteroatoms. The van der Waals surface area contributed by atoms with Crippen LogP contribution in [0.2, 0.25) is 0 Å². The minimum Gasteiger partial charge on any atom is -0.295 e. The van der Waals surface area contributed by atoms with Crippen LogP contribution >= 0.6 is 0 Å². The maximum Gasteiger partial charge on any atom is 0.155 e. The van der Waals surface area contributed by atoms with Gasteiger partial charge in [-0.05, 0) is 12.0 Å². The second-order valence-corrected chi connectivity index (χ2v) is 3.19. The van der Waals surface area contributed by atoms with E-state index in [4.69, 9.17) is 0 Å². The highest BCUT2D eigenvalue weighted by molar-refractivity contribution is 5.89. The first kappa shape index (κ1) is 11.9. The van der Waals surface area contributed by atoms with Crippen LogP contribution in [0.1, 0.15) is 27.2 Å². The summed E-state index contributed by atoms with van der Waals surface area (Å²) in [4.78, 5) is 10.8. The van der Waals surface area contributed by atoms with Crippen molar-refractivity contribution < 1.29 is 4.79 Å². The number of carbonyl (C=O) groups is 1. The summed E-state index contributed by atoms with van der Waals surface area (Å²) >= 11 is 0. The Kier molecular flexibility index (Phi) is 6.89. The van der Waals surface area contributed by atoms with E-state index in [0.29, 0.717) is 12.3 Å². The zero-order chi connectivity index (χ0) is 10.1. The Bertz CT molecular complexity index is 219. The van der Waals surface area contributed by atoms with Gasteiger partial charge in [-0.25, -0.2) is 0 Å². The molecule has 0 radical (unpaired) electrons. The smallest absolute Gasteiger partial charge is 0.155 e. The highest BCUT2D eigenvalue weighted by Gasteiger charge is 1.85. The van der Waals surface area contributed by atoms with E-state index in [2.05, 4.69) is 19.9 Å². The van der Waals surface area contributed by atoms with E-state index >= 15 is 0 Å². The Morgan fingerprint density at radius 3 is 2.31 bits per heavy atom. The van der Waals surface area contributed by atoms with Crippen LogP contribution in [-0.2, 0) is 4.79 Å². The first-order chi connectivity index (χ1) is 6.16. The number of allylic oxidation sites excluding steroid dienone is 6. The van der Waals surface area contributed by atoms with Gasteiger partial charge in [0.05, 0.1) is 0 Å². The molecule has 0 aliphatic heterocycles. The molecule has 0 rings (SSSR count). The molecular weight excluding hydrogens is 160 g/mol. The molecule has 0 aromatic carbocycles. The molecule has 0 N–H and O–H groups in total. The van der Waals surface area contributed by atoms with E-state index < -0.39 is 0 Å². The second-order valence-electron chi connectivity index (χ2n) is 3.19. The van der Waals surface area contributed by atoms with Gasteiger partial charge in [-0.15, -0.1) is 0 Å². The first-order valence-corrected chi connectivity index (χ1v) is 4.71. The van der Waals surface area contributed by atoms with Crippen LogP contribution in [0.4, 0.5) is 0 Å². The van der Waals surface area contributed by atoms with Crippen LogP contribution in [0.15, 0.2) is 36.5 Å². The average molecular weight is 178 g/mol. The minimum absolute atomic E-state index is 0.164. The lowest BCUT2D eigenvalue weighted by molar-refractivity contribution is -0.114. The lowest BCUT2D eigenvalue weighted by Crippen LogP contribution is -1.85. The number of hydrogen-bond acceptors (Lipinski definition) is 1. The SMILES string of the molecule is CCC(=O)/C=C/C=C/C=C/C(C)C. The summed E-state index contributed by atoms with van der Waals surface area (Å²) in [7, 11) is 0. The Morgan fingerprint density at radius 1 is 1.15 bits per heavy atom. The van der Waals surface area contributed by atoms with E-state index in [9.17, 15) is 4.79 Å². The van der Waals surface area contributed by atoms with E-state index in [-0.39, 0.29) is 5.78 Å². The lowest BCUT2D eigenvalue weighted by atomic mass is 10.2. The Labute approximate surface area is 80.8 Å². The Morgan fingerprint density at radius 2 is 1.77 bits per heavy atom. The van der Waals surface area contributed by atoms with Crippen LogP contribution in [0, 0.1) is 5.92 Å². The summed E-state index contributed by atoms with van der Waals surface area (Å²) in [5.74, 6) is 0.739. The maximum atomic E-state index is 10.8. The average Bonchev–Trinajstić information content (AvgIpc) is 2.10. The van der Waals surface area contributed by atoms with Gasteiger partial charge in [-0.2, -0.15) is 0 Å². The molecule has 0 amide bonds. The lowest BCUT2D eigenvalue weighted by Gasteiger charge is -1.88. The summed E-state index contributed by atoms with van der Waals surface area (Å²) in [5, 5.41) is 0. The second kappa shape index (κ2) is 7.53. The van der Waals surface area contributed by atoms with Gasteiger partial charge in [-0.3, -0.25) is 4.79 Å². The molecule has 0 saturated heterocycles. The molecule has 0 aliphatic rings. The first-order valence-electron chi connectivity index (χ1n) is 4.71. The third-order valence-electron chi connectivity index (χ3n) is 1.46. The largest absolute Gasteiger partial charge is 0.295 e. The third kappa shape index (κ3) is 8.80. The van der Waals surface area contributed by atoms with Gasteiger partial charge in [-0.1, -0.05) is 51.2 Å². The molecule has 0 spiro atoms.